The zero-order valence-corrected chi connectivity index (χ0v) is 8.52. The summed E-state index contributed by atoms with van der Waals surface area (Å²) in [7, 11) is 1.27. The van der Waals surface area contributed by atoms with Gasteiger partial charge in [-0.15, -0.1) is 0 Å². The largest absolute Gasteiger partial charge is 0.492 e. The summed E-state index contributed by atoms with van der Waals surface area (Å²) >= 11 is 0. The molecule has 2 rings (SSSR count). The number of methoxy groups -OCH3 is 1. The van der Waals surface area contributed by atoms with Crippen LogP contribution >= 0.6 is 0 Å². The van der Waals surface area contributed by atoms with Gasteiger partial charge >= 0.3 is 0 Å². The summed E-state index contributed by atoms with van der Waals surface area (Å²) in [6.45, 7) is 0. The Balaban J connectivity index is 2.86. The zero-order chi connectivity index (χ0) is 11.7. The Morgan fingerprint density at radius 1 is 0.875 bits per heavy atom. The Kier molecular flexibility index (Phi) is 2.40. The van der Waals surface area contributed by atoms with Gasteiger partial charge in [0.15, 0.2) is 5.75 Å². The van der Waals surface area contributed by atoms with E-state index in [-0.39, 0.29) is 11.3 Å². The summed E-state index contributed by atoms with van der Waals surface area (Å²) in [6, 6.07) is 8.52. The summed E-state index contributed by atoms with van der Waals surface area (Å²) in [5, 5.41) is 0. The summed E-state index contributed by atoms with van der Waals surface area (Å²) in [6.07, 6.45) is 0. The van der Waals surface area contributed by atoms with Gasteiger partial charge in [-0.25, -0.2) is 0 Å². The fourth-order valence-corrected chi connectivity index (χ4v) is 1.60. The number of hydrogen-bond donors (Lipinski definition) is 0. The maximum absolute atomic E-state index is 11.6. The molecular formula is C12H8O4. The van der Waals surface area contributed by atoms with Crippen molar-refractivity contribution in [2.45, 2.75) is 0 Å². The van der Waals surface area contributed by atoms with E-state index in [2.05, 4.69) is 0 Å². The van der Waals surface area contributed by atoms with Gasteiger partial charge < -0.3 is 4.74 Å². The molecule has 0 N–H and O–H groups in total. The molecule has 2 aromatic carbocycles. The molecule has 0 amide bonds. The third-order valence-corrected chi connectivity index (χ3v) is 2.34. The maximum Gasteiger partial charge on any atom is 0.277 e. The van der Waals surface area contributed by atoms with E-state index in [1.165, 1.54) is 7.11 Å². The Morgan fingerprint density at radius 3 is 2.06 bits per heavy atom. The van der Waals surface area contributed by atoms with Crippen molar-refractivity contribution in [2.75, 3.05) is 7.11 Å². The third kappa shape index (κ3) is 1.35. The highest BCUT2D eigenvalue weighted by atomic mass is 16.5. The van der Waals surface area contributed by atoms with Gasteiger partial charge in [0.05, 0.1) is 12.7 Å². The third-order valence-electron chi connectivity index (χ3n) is 2.34. The van der Waals surface area contributed by atoms with E-state index in [0.717, 1.165) is 0 Å². The minimum atomic E-state index is -1.03. The molecule has 16 heavy (non-hydrogen) atoms. The molecule has 0 spiro atoms. The van der Waals surface area contributed by atoms with Gasteiger partial charge in [-0.1, -0.05) is 30.3 Å². The van der Waals surface area contributed by atoms with E-state index in [0.29, 0.717) is 5.56 Å². The minimum absolute atomic E-state index is 0.0538. The second-order valence-electron chi connectivity index (χ2n) is 3.26. The van der Waals surface area contributed by atoms with Crippen LogP contribution in [0.2, 0.25) is 0 Å². The van der Waals surface area contributed by atoms with E-state index in [1.807, 2.05) is 0 Å². The van der Waals surface area contributed by atoms with Gasteiger partial charge in [0.25, 0.3) is 10.9 Å². The SMILES string of the molecule is COc1c(-c2ccccc2)c(=O)c(=O)c1=O. The predicted molar refractivity (Wildman–Crippen MR) is 59.6 cm³/mol. The zero-order valence-electron chi connectivity index (χ0n) is 8.52. The summed E-state index contributed by atoms with van der Waals surface area (Å²) in [5.74, 6) is -0.166. The lowest BCUT2D eigenvalue weighted by Crippen LogP contribution is -2.29. The van der Waals surface area contributed by atoms with E-state index < -0.39 is 16.3 Å². The molecule has 0 radical (unpaired) electrons. The van der Waals surface area contributed by atoms with Crippen molar-refractivity contribution in [3.05, 3.63) is 61.0 Å². The van der Waals surface area contributed by atoms with Crippen molar-refractivity contribution in [3.63, 3.8) is 0 Å². The fourth-order valence-electron chi connectivity index (χ4n) is 1.60. The van der Waals surface area contributed by atoms with Crippen molar-refractivity contribution in [1.82, 2.24) is 0 Å². The molecule has 0 saturated carbocycles. The lowest BCUT2D eigenvalue weighted by molar-refractivity contribution is 0.414. The Bertz CT molecular complexity index is 649. The van der Waals surface area contributed by atoms with Crippen LogP contribution in [-0.4, -0.2) is 7.11 Å². The van der Waals surface area contributed by atoms with Crippen LogP contribution in [0.15, 0.2) is 44.7 Å². The van der Waals surface area contributed by atoms with Crippen LogP contribution in [0.3, 0.4) is 0 Å². The maximum atomic E-state index is 11.6. The first-order valence-corrected chi connectivity index (χ1v) is 4.64. The van der Waals surface area contributed by atoms with Crippen LogP contribution in [0.1, 0.15) is 0 Å². The normalized spacial score (nSPS) is 10.3. The lowest BCUT2D eigenvalue weighted by atomic mass is 10.1. The molecule has 0 atom stereocenters. The second-order valence-corrected chi connectivity index (χ2v) is 3.26. The van der Waals surface area contributed by atoms with Crippen LogP contribution in [0.5, 0.6) is 5.75 Å². The van der Waals surface area contributed by atoms with Crippen LogP contribution < -0.4 is 21.0 Å². The number of benzene rings is 1. The highest BCUT2D eigenvalue weighted by Gasteiger charge is 2.21. The molecule has 4 heteroatoms. The summed E-state index contributed by atoms with van der Waals surface area (Å²) in [5.41, 5.74) is -2.13. The Labute approximate surface area is 90.4 Å². The van der Waals surface area contributed by atoms with Gasteiger partial charge in [0.2, 0.25) is 5.43 Å². The second kappa shape index (κ2) is 3.73. The molecule has 0 aliphatic carbocycles. The lowest BCUT2D eigenvalue weighted by Gasteiger charge is -2.00. The Morgan fingerprint density at radius 2 is 1.50 bits per heavy atom. The molecule has 2 aromatic rings. The molecule has 0 saturated heterocycles. The molecule has 0 unspecified atom stereocenters. The minimum Gasteiger partial charge on any atom is -0.492 e. The first kappa shape index (κ1) is 10.3. The average molecular weight is 216 g/mol. The quantitative estimate of drug-likeness (QED) is 0.678. The van der Waals surface area contributed by atoms with Crippen molar-refractivity contribution >= 4 is 0 Å². The van der Waals surface area contributed by atoms with Gasteiger partial charge in [0.1, 0.15) is 0 Å². The molecule has 4 nitrogen and oxygen atoms in total. The van der Waals surface area contributed by atoms with E-state index >= 15 is 0 Å². The van der Waals surface area contributed by atoms with Crippen LogP contribution in [0.25, 0.3) is 11.1 Å². The van der Waals surface area contributed by atoms with Crippen molar-refractivity contribution in [3.8, 4) is 16.9 Å². The Hall–Kier alpha value is -2.23. The highest BCUT2D eigenvalue weighted by molar-refractivity contribution is 5.71. The molecule has 0 aliphatic rings. The van der Waals surface area contributed by atoms with Crippen molar-refractivity contribution in [1.29, 1.82) is 0 Å². The monoisotopic (exact) mass is 216 g/mol. The van der Waals surface area contributed by atoms with Crippen LogP contribution in [0, 0.1) is 0 Å². The number of rotatable bonds is 2. The first-order chi connectivity index (χ1) is 7.66. The standard InChI is InChI=1S/C12H8O4/c1-16-12-8(7-5-3-2-4-6-7)9(13)10(14)11(12)15/h2-6H,1H3. The van der Waals surface area contributed by atoms with Gasteiger partial charge in [-0.05, 0) is 5.56 Å². The van der Waals surface area contributed by atoms with Gasteiger partial charge in [-0.3, -0.25) is 14.4 Å². The smallest absolute Gasteiger partial charge is 0.277 e. The van der Waals surface area contributed by atoms with Gasteiger partial charge in [-0.2, -0.15) is 0 Å². The van der Waals surface area contributed by atoms with Crippen LogP contribution in [0.4, 0.5) is 0 Å². The predicted octanol–water partition coefficient (Wildman–Crippen LogP) is 0.318. The molecule has 0 aromatic heterocycles. The van der Waals surface area contributed by atoms with E-state index in [1.54, 1.807) is 30.3 Å². The van der Waals surface area contributed by atoms with E-state index in [9.17, 15) is 14.4 Å². The number of hydrogen-bond acceptors (Lipinski definition) is 4. The summed E-state index contributed by atoms with van der Waals surface area (Å²) in [4.78, 5) is 34.2. The molecule has 0 fully saturated rings. The van der Waals surface area contributed by atoms with Gasteiger partial charge in [0, 0.05) is 0 Å². The first-order valence-electron chi connectivity index (χ1n) is 4.64. The molecule has 0 bridgehead atoms. The molecule has 0 heterocycles. The molecule has 80 valence electrons. The number of ether oxygens (including phenoxy) is 1. The average Bonchev–Trinajstić information content (AvgIpc) is 2.54. The fraction of sp³-hybridized carbons (Fsp3) is 0.0833. The van der Waals surface area contributed by atoms with Crippen molar-refractivity contribution in [2.24, 2.45) is 0 Å². The molecule has 0 aliphatic heterocycles. The topological polar surface area (TPSA) is 60.4 Å². The molecular weight excluding hydrogens is 208 g/mol. The van der Waals surface area contributed by atoms with E-state index in [4.69, 9.17) is 4.74 Å². The highest BCUT2D eigenvalue weighted by Crippen LogP contribution is 2.21. The van der Waals surface area contributed by atoms with Crippen molar-refractivity contribution < 1.29 is 4.74 Å². The summed E-state index contributed by atoms with van der Waals surface area (Å²) < 4.78 is 4.82. The van der Waals surface area contributed by atoms with Crippen LogP contribution in [-0.2, 0) is 0 Å².